The molecule has 9 heteroatoms. The molecule has 1 atom stereocenters. The van der Waals surface area contributed by atoms with Crippen LogP contribution in [0.5, 0.6) is 5.75 Å². The summed E-state index contributed by atoms with van der Waals surface area (Å²) in [6.45, 7) is 3.71. The van der Waals surface area contributed by atoms with Gasteiger partial charge in [0.1, 0.15) is 12.3 Å². The molecule has 0 bridgehead atoms. The molecule has 0 fully saturated rings. The predicted octanol–water partition coefficient (Wildman–Crippen LogP) is 4.47. The molecule has 1 unspecified atom stereocenters. The Labute approximate surface area is 191 Å². The minimum absolute atomic E-state index is 0.297. The summed E-state index contributed by atoms with van der Waals surface area (Å²) < 4.78 is 10.6. The van der Waals surface area contributed by atoms with Gasteiger partial charge in [0.15, 0.2) is 6.10 Å². The van der Waals surface area contributed by atoms with Crippen LogP contribution in [0.4, 0.5) is 5.69 Å². The summed E-state index contributed by atoms with van der Waals surface area (Å²) in [6.07, 6.45) is 0.886. The van der Waals surface area contributed by atoms with Crippen molar-refractivity contribution >= 4 is 46.7 Å². The maximum Gasteiger partial charge on any atom is 0.326 e. The summed E-state index contributed by atoms with van der Waals surface area (Å²) in [5.74, 6) is -1.11. The van der Waals surface area contributed by atoms with Crippen LogP contribution in [-0.4, -0.2) is 37.0 Å². The van der Waals surface area contributed by atoms with E-state index < -0.39 is 23.9 Å². The lowest BCUT2D eigenvalue weighted by Gasteiger charge is -2.14. The Bertz CT molecular complexity index is 919. The van der Waals surface area contributed by atoms with Crippen LogP contribution < -0.4 is 15.4 Å². The number of unbranched alkanes of at least 4 members (excludes halogenated alkanes) is 1. The van der Waals surface area contributed by atoms with Gasteiger partial charge in [-0.15, -0.1) is 0 Å². The largest absolute Gasteiger partial charge is 0.494 e. The topological polar surface area (TPSA) is 93.7 Å². The van der Waals surface area contributed by atoms with Crippen molar-refractivity contribution < 1.29 is 23.9 Å². The molecule has 0 spiro atoms. The highest BCUT2D eigenvalue weighted by Gasteiger charge is 2.19. The van der Waals surface area contributed by atoms with Gasteiger partial charge in [0.2, 0.25) is 0 Å². The number of rotatable bonds is 10. The number of anilines is 1. The Balaban J connectivity index is 1.79. The highest BCUT2D eigenvalue weighted by Crippen LogP contribution is 2.25. The molecule has 2 N–H and O–H groups in total. The molecule has 166 valence electrons. The van der Waals surface area contributed by atoms with Crippen LogP contribution in [0.15, 0.2) is 42.5 Å². The molecule has 0 aliphatic carbocycles. The highest BCUT2D eigenvalue weighted by atomic mass is 35.5. The fraction of sp³-hybridized carbons (Fsp3) is 0.318. The minimum Gasteiger partial charge on any atom is -0.494 e. The fourth-order valence-corrected chi connectivity index (χ4v) is 2.75. The first-order valence-corrected chi connectivity index (χ1v) is 10.5. The van der Waals surface area contributed by atoms with Crippen molar-refractivity contribution in [1.82, 2.24) is 5.32 Å². The Morgan fingerprint density at radius 3 is 2.45 bits per heavy atom. The second kappa shape index (κ2) is 12.2. The van der Waals surface area contributed by atoms with Crippen molar-refractivity contribution in [3.8, 4) is 5.75 Å². The van der Waals surface area contributed by atoms with Crippen molar-refractivity contribution in [1.29, 1.82) is 0 Å². The standard InChI is InChI=1S/C22H24Cl2N2O5/c1-3-4-11-30-17-8-5-15(6-9-17)22(29)25-13-20(27)31-14(2)21(28)26-19-12-16(23)7-10-18(19)24/h5-10,12,14H,3-4,11,13H2,1-2H3,(H,25,29)(H,26,28). The van der Waals surface area contributed by atoms with Crippen LogP contribution in [0.2, 0.25) is 10.0 Å². The number of amides is 2. The first-order valence-electron chi connectivity index (χ1n) is 9.76. The van der Waals surface area contributed by atoms with Crippen molar-refractivity contribution in [2.24, 2.45) is 0 Å². The summed E-state index contributed by atoms with van der Waals surface area (Å²) in [5, 5.41) is 5.69. The number of benzene rings is 2. The maximum atomic E-state index is 12.2. The van der Waals surface area contributed by atoms with Crippen LogP contribution in [0.3, 0.4) is 0 Å². The van der Waals surface area contributed by atoms with Crippen molar-refractivity contribution in [3.63, 3.8) is 0 Å². The van der Waals surface area contributed by atoms with E-state index in [0.717, 1.165) is 12.8 Å². The molecular formula is C22H24Cl2N2O5. The lowest BCUT2D eigenvalue weighted by molar-refractivity contribution is -0.152. The molecule has 2 aromatic carbocycles. The number of ether oxygens (including phenoxy) is 2. The Morgan fingerprint density at radius 1 is 1.06 bits per heavy atom. The van der Waals surface area contributed by atoms with E-state index in [1.54, 1.807) is 30.3 Å². The summed E-state index contributed by atoms with van der Waals surface area (Å²) in [7, 11) is 0. The number of hydrogen-bond acceptors (Lipinski definition) is 5. The molecular weight excluding hydrogens is 443 g/mol. The zero-order chi connectivity index (χ0) is 22.8. The van der Waals surface area contributed by atoms with E-state index in [-0.39, 0.29) is 6.54 Å². The third-order valence-electron chi connectivity index (χ3n) is 4.14. The first-order chi connectivity index (χ1) is 14.8. The zero-order valence-electron chi connectivity index (χ0n) is 17.2. The molecule has 0 heterocycles. The summed E-state index contributed by atoms with van der Waals surface area (Å²) in [6, 6.07) is 11.2. The van der Waals surface area contributed by atoms with Gasteiger partial charge in [0.25, 0.3) is 11.8 Å². The second-order valence-electron chi connectivity index (χ2n) is 6.65. The quantitative estimate of drug-likeness (QED) is 0.397. The van der Waals surface area contributed by atoms with Crippen LogP contribution >= 0.6 is 23.2 Å². The first kappa shape index (κ1) is 24.5. The van der Waals surface area contributed by atoms with Gasteiger partial charge in [-0.25, -0.2) is 0 Å². The molecule has 7 nitrogen and oxygen atoms in total. The van der Waals surface area contributed by atoms with E-state index >= 15 is 0 Å². The normalized spacial score (nSPS) is 11.4. The zero-order valence-corrected chi connectivity index (χ0v) is 18.8. The number of carbonyl (C=O) groups excluding carboxylic acids is 3. The lowest BCUT2D eigenvalue weighted by Crippen LogP contribution is -2.35. The molecule has 0 saturated carbocycles. The van der Waals surface area contributed by atoms with Gasteiger partial charge in [0, 0.05) is 10.6 Å². The summed E-state index contributed by atoms with van der Waals surface area (Å²) >= 11 is 11.9. The third kappa shape index (κ3) is 8.11. The average molecular weight is 467 g/mol. The Kier molecular flexibility index (Phi) is 9.62. The van der Waals surface area contributed by atoms with Gasteiger partial charge in [-0.1, -0.05) is 36.5 Å². The smallest absolute Gasteiger partial charge is 0.326 e. The van der Waals surface area contributed by atoms with Gasteiger partial charge in [-0.3, -0.25) is 14.4 Å². The number of nitrogens with one attached hydrogen (secondary N) is 2. The fourth-order valence-electron chi connectivity index (χ4n) is 2.41. The van der Waals surface area contributed by atoms with Gasteiger partial charge in [-0.05, 0) is 55.8 Å². The molecule has 2 amide bonds. The molecule has 0 aromatic heterocycles. The number of halogens is 2. The SMILES string of the molecule is CCCCOc1ccc(C(=O)NCC(=O)OC(C)C(=O)Nc2cc(Cl)ccc2Cl)cc1. The van der Waals surface area contributed by atoms with E-state index in [9.17, 15) is 14.4 Å². The van der Waals surface area contributed by atoms with Gasteiger partial charge in [-0.2, -0.15) is 0 Å². The Morgan fingerprint density at radius 2 is 1.77 bits per heavy atom. The van der Waals surface area contributed by atoms with E-state index in [4.69, 9.17) is 32.7 Å². The van der Waals surface area contributed by atoms with E-state index in [0.29, 0.717) is 33.7 Å². The molecule has 2 aromatic rings. The van der Waals surface area contributed by atoms with Crippen molar-refractivity contribution in [2.45, 2.75) is 32.8 Å². The monoisotopic (exact) mass is 466 g/mol. The number of carbonyl (C=O) groups is 3. The minimum atomic E-state index is -1.10. The second-order valence-corrected chi connectivity index (χ2v) is 7.50. The molecule has 31 heavy (non-hydrogen) atoms. The maximum absolute atomic E-state index is 12.2. The van der Waals surface area contributed by atoms with Gasteiger partial charge < -0.3 is 20.1 Å². The van der Waals surface area contributed by atoms with Crippen LogP contribution in [0.25, 0.3) is 0 Å². The molecule has 0 saturated heterocycles. The summed E-state index contributed by atoms with van der Waals surface area (Å²) in [4.78, 5) is 36.4. The van der Waals surface area contributed by atoms with E-state index in [1.165, 1.54) is 19.1 Å². The van der Waals surface area contributed by atoms with Crippen LogP contribution in [0.1, 0.15) is 37.0 Å². The molecule has 0 aliphatic heterocycles. The van der Waals surface area contributed by atoms with Crippen molar-refractivity contribution in [3.05, 3.63) is 58.1 Å². The average Bonchev–Trinajstić information content (AvgIpc) is 2.75. The van der Waals surface area contributed by atoms with Gasteiger partial charge >= 0.3 is 5.97 Å². The van der Waals surface area contributed by atoms with Crippen LogP contribution in [0, 0.1) is 0 Å². The lowest BCUT2D eigenvalue weighted by atomic mass is 10.2. The Hall–Kier alpha value is -2.77. The summed E-state index contributed by atoms with van der Waals surface area (Å²) in [5.41, 5.74) is 0.675. The predicted molar refractivity (Wildman–Crippen MR) is 120 cm³/mol. The van der Waals surface area contributed by atoms with Crippen LogP contribution in [-0.2, 0) is 14.3 Å². The molecule has 2 rings (SSSR count). The van der Waals surface area contributed by atoms with E-state index in [1.807, 2.05) is 0 Å². The molecule has 0 radical (unpaired) electrons. The number of hydrogen-bond donors (Lipinski definition) is 2. The van der Waals surface area contributed by atoms with Crippen molar-refractivity contribution in [2.75, 3.05) is 18.5 Å². The van der Waals surface area contributed by atoms with Gasteiger partial charge in [0.05, 0.1) is 17.3 Å². The molecule has 0 aliphatic rings. The highest BCUT2D eigenvalue weighted by molar-refractivity contribution is 6.35. The van der Waals surface area contributed by atoms with E-state index in [2.05, 4.69) is 17.6 Å². The third-order valence-corrected chi connectivity index (χ3v) is 4.70. The number of esters is 1.